The fourth-order valence-corrected chi connectivity index (χ4v) is 2.49. The van der Waals surface area contributed by atoms with Crippen LogP contribution in [-0.2, 0) is 4.74 Å². The van der Waals surface area contributed by atoms with Gasteiger partial charge in [0.05, 0.1) is 13.2 Å². The van der Waals surface area contributed by atoms with E-state index >= 15 is 0 Å². The van der Waals surface area contributed by atoms with E-state index in [-0.39, 0.29) is 0 Å². The average Bonchev–Trinajstić information content (AvgIpc) is 2.55. The van der Waals surface area contributed by atoms with Crippen LogP contribution in [0.2, 0.25) is 0 Å². The molecule has 0 bridgehead atoms. The number of rotatable bonds is 9. The molecule has 0 amide bonds. The number of nitrogens with one attached hydrogen (secondary N) is 2. The Hall–Kier alpha value is -1.60. The summed E-state index contributed by atoms with van der Waals surface area (Å²) in [5.41, 5.74) is 6.75. The molecule has 0 unspecified atom stereocenters. The molecule has 7 nitrogen and oxygen atoms in total. The standard InChI is InChI=1S/C16H30N6O/c1-13(2)4-6-19-16-14(17)15(20-12-21-16)18-5-3-7-22-8-10-23-11-9-22/h12-13H,3-11,17H2,1-2H3,(H2,18,19,20,21). The van der Waals surface area contributed by atoms with Crippen LogP contribution in [0.4, 0.5) is 17.3 Å². The smallest absolute Gasteiger partial charge is 0.154 e. The average molecular weight is 322 g/mol. The molecule has 0 saturated carbocycles. The first-order valence-electron chi connectivity index (χ1n) is 8.55. The van der Waals surface area contributed by atoms with Crippen LogP contribution < -0.4 is 16.4 Å². The maximum Gasteiger partial charge on any atom is 0.154 e. The highest BCUT2D eigenvalue weighted by molar-refractivity contribution is 5.73. The molecule has 0 atom stereocenters. The SMILES string of the molecule is CC(C)CCNc1ncnc(NCCCN2CCOCC2)c1N. The molecule has 1 aromatic rings. The lowest BCUT2D eigenvalue weighted by Gasteiger charge is -2.26. The second-order valence-electron chi connectivity index (χ2n) is 6.33. The number of hydrogen-bond acceptors (Lipinski definition) is 7. The van der Waals surface area contributed by atoms with E-state index in [1.54, 1.807) is 6.33 Å². The maximum absolute atomic E-state index is 6.15. The fraction of sp³-hybridized carbons (Fsp3) is 0.750. The van der Waals surface area contributed by atoms with Crippen molar-refractivity contribution in [2.45, 2.75) is 26.7 Å². The summed E-state index contributed by atoms with van der Waals surface area (Å²) < 4.78 is 5.35. The van der Waals surface area contributed by atoms with E-state index in [1.807, 2.05) is 0 Å². The number of hydrogen-bond donors (Lipinski definition) is 3. The van der Waals surface area contributed by atoms with Crippen molar-refractivity contribution in [2.24, 2.45) is 5.92 Å². The fourth-order valence-electron chi connectivity index (χ4n) is 2.49. The first kappa shape index (κ1) is 17.7. The van der Waals surface area contributed by atoms with Gasteiger partial charge < -0.3 is 21.1 Å². The number of nitrogens with zero attached hydrogens (tertiary/aromatic N) is 3. The normalized spacial score (nSPS) is 15.8. The van der Waals surface area contributed by atoms with E-state index < -0.39 is 0 Å². The highest BCUT2D eigenvalue weighted by Gasteiger charge is 2.10. The number of ether oxygens (including phenoxy) is 1. The Morgan fingerprint density at radius 3 is 2.48 bits per heavy atom. The number of nitrogens with two attached hydrogens (primary N) is 1. The van der Waals surface area contributed by atoms with Gasteiger partial charge in [-0.15, -0.1) is 0 Å². The van der Waals surface area contributed by atoms with Crippen LogP contribution in [0.3, 0.4) is 0 Å². The number of anilines is 3. The molecule has 23 heavy (non-hydrogen) atoms. The van der Waals surface area contributed by atoms with Gasteiger partial charge in [-0.25, -0.2) is 9.97 Å². The van der Waals surface area contributed by atoms with Crippen LogP contribution in [0.5, 0.6) is 0 Å². The van der Waals surface area contributed by atoms with Crippen molar-refractivity contribution in [1.29, 1.82) is 0 Å². The molecule has 0 radical (unpaired) electrons. The van der Waals surface area contributed by atoms with Crippen molar-refractivity contribution in [3.63, 3.8) is 0 Å². The Labute approximate surface area is 139 Å². The minimum absolute atomic E-state index is 0.600. The molecule has 1 aliphatic heterocycles. The summed E-state index contributed by atoms with van der Waals surface area (Å²) in [6.07, 6.45) is 3.70. The van der Waals surface area contributed by atoms with Gasteiger partial charge in [-0.1, -0.05) is 13.8 Å². The van der Waals surface area contributed by atoms with Crippen LogP contribution in [0, 0.1) is 5.92 Å². The van der Waals surface area contributed by atoms with E-state index in [9.17, 15) is 0 Å². The predicted molar refractivity (Wildman–Crippen MR) is 94.8 cm³/mol. The predicted octanol–water partition coefficient (Wildman–Crippen LogP) is 1.65. The maximum atomic E-state index is 6.15. The topological polar surface area (TPSA) is 88.3 Å². The summed E-state index contributed by atoms with van der Waals surface area (Å²) in [6.45, 7) is 10.9. The highest BCUT2D eigenvalue weighted by atomic mass is 16.5. The Morgan fingerprint density at radius 1 is 1.17 bits per heavy atom. The molecular weight excluding hydrogens is 292 g/mol. The van der Waals surface area contributed by atoms with Gasteiger partial charge in [0.2, 0.25) is 0 Å². The minimum atomic E-state index is 0.600. The zero-order valence-electron chi connectivity index (χ0n) is 14.3. The van der Waals surface area contributed by atoms with Crippen LogP contribution in [0.15, 0.2) is 6.33 Å². The van der Waals surface area contributed by atoms with Crippen molar-refractivity contribution >= 4 is 17.3 Å². The Bertz CT molecular complexity index is 462. The molecule has 2 heterocycles. The molecule has 0 spiro atoms. The molecule has 1 aromatic heterocycles. The lowest BCUT2D eigenvalue weighted by molar-refractivity contribution is 0.0378. The zero-order chi connectivity index (χ0) is 16.5. The Morgan fingerprint density at radius 2 is 1.83 bits per heavy atom. The monoisotopic (exact) mass is 322 g/mol. The molecule has 2 rings (SSSR count). The molecule has 1 aliphatic rings. The van der Waals surface area contributed by atoms with Crippen molar-refractivity contribution in [3.8, 4) is 0 Å². The molecule has 7 heteroatoms. The lowest BCUT2D eigenvalue weighted by atomic mass is 10.1. The van der Waals surface area contributed by atoms with Crippen molar-refractivity contribution in [1.82, 2.24) is 14.9 Å². The van der Waals surface area contributed by atoms with Crippen LogP contribution in [0.1, 0.15) is 26.7 Å². The third-order valence-corrected chi connectivity index (χ3v) is 3.95. The van der Waals surface area contributed by atoms with Crippen molar-refractivity contribution in [2.75, 3.05) is 62.3 Å². The van der Waals surface area contributed by atoms with Gasteiger partial charge >= 0.3 is 0 Å². The van der Waals surface area contributed by atoms with Gasteiger partial charge in [-0.2, -0.15) is 0 Å². The molecule has 4 N–H and O–H groups in total. The molecule has 0 aromatic carbocycles. The zero-order valence-corrected chi connectivity index (χ0v) is 14.3. The highest BCUT2D eigenvalue weighted by Crippen LogP contribution is 2.22. The lowest BCUT2D eigenvalue weighted by Crippen LogP contribution is -2.37. The van der Waals surface area contributed by atoms with Crippen LogP contribution >= 0.6 is 0 Å². The third kappa shape index (κ3) is 6.19. The quantitative estimate of drug-likeness (QED) is 0.596. The summed E-state index contributed by atoms with van der Waals surface area (Å²) in [4.78, 5) is 10.9. The van der Waals surface area contributed by atoms with E-state index in [2.05, 4.69) is 39.3 Å². The molecule has 0 aliphatic carbocycles. The van der Waals surface area contributed by atoms with Crippen molar-refractivity contribution in [3.05, 3.63) is 6.33 Å². The van der Waals surface area contributed by atoms with E-state index in [0.717, 1.165) is 64.6 Å². The van der Waals surface area contributed by atoms with E-state index in [1.165, 1.54) is 0 Å². The number of morpholine rings is 1. The number of nitrogen functional groups attached to an aromatic ring is 1. The first-order valence-corrected chi connectivity index (χ1v) is 8.55. The third-order valence-electron chi connectivity index (χ3n) is 3.95. The Kier molecular flexibility index (Phi) is 7.35. The van der Waals surface area contributed by atoms with Gasteiger partial charge in [-0.05, 0) is 25.3 Å². The van der Waals surface area contributed by atoms with Crippen molar-refractivity contribution < 1.29 is 4.74 Å². The largest absolute Gasteiger partial charge is 0.393 e. The number of aromatic nitrogens is 2. The van der Waals surface area contributed by atoms with E-state index in [0.29, 0.717) is 17.4 Å². The minimum Gasteiger partial charge on any atom is -0.393 e. The van der Waals surface area contributed by atoms with Gasteiger partial charge in [0.15, 0.2) is 11.6 Å². The molecular formula is C16H30N6O. The first-order chi connectivity index (χ1) is 11.2. The summed E-state index contributed by atoms with van der Waals surface area (Å²) in [5.74, 6) is 2.09. The summed E-state index contributed by atoms with van der Waals surface area (Å²) in [7, 11) is 0. The van der Waals surface area contributed by atoms with Gasteiger partial charge in [0.25, 0.3) is 0 Å². The summed E-state index contributed by atoms with van der Waals surface area (Å²) in [5, 5.41) is 6.61. The van der Waals surface area contributed by atoms with Gasteiger partial charge in [-0.3, -0.25) is 4.90 Å². The Balaban J connectivity index is 1.73. The molecule has 1 fully saturated rings. The second kappa shape index (κ2) is 9.52. The molecule has 130 valence electrons. The molecule has 1 saturated heterocycles. The van der Waals surface area contributed by atoms with Gasteiger partial charge in [0.1, 0.15) is 12.0 Å². The van der Waals surface area contributed by atoms with Gasteiger partial charge in [0, 0.05) is 26.2 Å². The van der Waals surface area contributed by atoms with Crippen LogP contribution in [0.25, 0.3) is 0 Å². The van der Waals surface area contributed by atoms with E-state index in [4.69, 9.17) is 10.5 Å². The summed E-state index contributed by atoms with van der Waals surface area (Å²) >= 11 is 0. The summed E-state index contributed by atoms with van der Waals surface area (Å²) in [6, 6.07) is 0. The second-order valence-corrected chi connectivity index (χ2v) is 6.33. The van der Waals surface area contributed by atoms with Crippen LogP contribution in [-0.4, -0.2) is 60.8 Å².